The monoisotopic (exact) mass is 276 g/mol. The van der Waals surface area contributed by atoms with E-state index in [4.69, 9.17) is 4.74 Å². The quantitative estimate of drug-likeness (QED) is 0.899. The zero-order valence-electron chi connectivity index (χ0n) is 11.6. The molecule has 0 aromatic carbocycles. The molecule has 0 bridgehead atoms. The molecule has 1 rings (SSSR count). The van der Waals surface area contributed by atoms with Crippen LogP contribution in [0.3, 0.4) is 0 Å². The van der Waals surface area contributed by atoms with Crippen LogP contribution in [0.1, 0.15) is 39.7 Å². The molecular weight excluding hydrogens is 257 g/mol. The van der Waals surface area contributed by atoms with Crippen molar-refractivity contribution < 1.29 is 17.9 Å². The maximum absolute atomic E-state index is 12.8. The van der Waals surface area contributed by atoms with Crippen molar-refractivity contribution in [2.24, 2.45) is 0 Å². The fourth-order valence-corrected chi connectivity index (χ4v) is 1.38. The van der Waals surface area contributed by atoms with E-state index in [0.717, 1.165) is 18.6 Å². The van der Waals surface area contributed by atoms with E-state index in [1.54, 1.807) is 20.8 Å². The Morgan fingerprint density at radius 2 is 1.84 bits per heavy atom. The predicted molar refractivity (Wildman–Crippen MR) is 68.4 cm³/mol. The maximum Gasteiger partial charge on any atom is 0.416 e. The SMILES string of the molecule is CCCNc1cc(C(F)(F)F)cc(OC(C)(C)C)n1. The van der Waals surface area contributed by atoms with Crippen molar-refractivity contribution in [2.75, 3.05) is 11.9 Å². The Morgan fingerprint density at radius 3 is 2.32 bits per heavy atom. The number of hydrogen-bond acceptors (Lipinski definition) is 3. The number of pyridine rings is 1. The van der Waals surface area contributed by atoms with Crippen LogP contribution in [0.15, 0.2) is 12.1 Å². The van der Waals surface area contributed by atoms with Gasteiger partial charge in [0.1, 0.15) is 11.4 Å². The average molecular weight is 276 g/mol. The fraction of sp³-hybridized carbons (Fsp3) is 0.615. The zero-order valence-corrected chi connectivity index (χ0v) is 11.6. The second kappa shape index (κ2) is 5.67. The molecule has 0 aliphatic carbocycles. The van der Waals surface area contributed by atoms with Crippen LogP contribution in [-0.4, -0.2) is 17.1 Å². The average Bonchev–Trinajstić information content (AvgIpc) is 2.22. The Kier molecular flexibility index (Phi) is 4.66. The van der Waals surface area contributed by atoms with Gasteiger partial charge in [0.2, 0.25) is 5.88 Å². The lowest BCUT2D eigenvalue weighted by molar-refractivity contribution is -0.137. The molecule has 19 heavy (non-hydrogen) atoms. The van der Waals surface area contributed by atoms with Gasteiger partial charge in [-0.25, -0.2) is 0 Å². The molecule has 0 unspecified atom stereocenters. The second-order valence-electron chi connectivity index (χ2n) is 5.22. The number of rotatable bonds is 4. The highest BCUT2D eigenvalue weighted by Crippen LogP contribution is 2.33. The standard InChI is InChI=1S/C13H19F3N2O/c1-5-6-17-10-7-9(13(14,15)16)8-11(18-10)19-12(2,3)4/h7-8H,5-6H2,1-4H3,(H,17,18). The first kappa shape index (κ1) is 15.6. The molecule has 0 saturated heterocycles. The van der Waals surface area contributed by atoms with Gasteiger partial charge >= 0.3 is 6.18 Å². The Morgan fingerprint density at radius 1 is 1.21 bits per heavy atom. The topological polar surface area (TPSA) is 34.1 Å². The minimum Gasteiger partial charge on any atom is -0.472 e. The van der Waals surface area contributed by atoms with Crippen LogP contribution in [0.2, 0.25) is 0 Å². The van der Waals surface area contributed by atoms with E-state index in [-0.39, 0.29) is 11.7 Å². The van der Waals surface area contributed by atoms with Crippen molar-refractivity contribution in [3.63, 3.8) is 0 Å². The first-order chi connectivity index (χ1) is 8.62. The number of aromatic nitrogens is 1. The molecule has 0 aliphatic heterocycles. The molecule has 1 N–H and O–H groups in total. The van der Waals surface area contributed by atoms with Crippen molar-refractivity contribution in [1.29, 1.82) is 0 Å². The summed E-state index contributed by atoms with van der Waals surface area (Å²) in [5, 5.41) is 2.84. The lowest BCUT2D eigenvalue weighted by Crippen LogP contribution is -2.24. The molecule has 0 saturated carbocycles. The van der Waals surface area contributed by atoms with E-state index >= 15 is 0 Å². The van der Waals surface area contributed by atoms with Gasteiger partial charge in [-0.1, -0.05) is 6.92 Å². The smallest absolute Gasteiger partial charge is 0.416 e. The van der Waals surface area contributed by atoms with Crippen molar-refractivity contribution >= 4 is 5.82 Å². The lowest BCUT2D eigenvalue weighted by Gasteiger charge is -2.21. The van der Waals surface area contributed by atoms with Gasteiger partial charge in [0.25, 0.3) is 0 Å². The van der Waals surface area contributed by atoms with Gasteiger partial charge in [0, 0.05) is 12.6 Å². The summed E-state index contributed by atoms with van der Waals surface area (Å²) < 4.78 is 43.8. The van der Waals surface area contributed by atoms with Gasteiger partial charge in [-0.05, 0) is 33.3 Å². The molecule has 0 amide bonds. The number of nitrogens with one attached hydrogen (secondary N) is 1. The first-order valence-corrected chi connectivity index (χ1v) is 6.14. The molecule has 0 atom stereocenters. The molecule has 1 heterocycles. The Bertz CT molecular complexity index is 425. The Hall–Kier alpha value is -1.46. The lowest BCUT2D eigenvalue weighted by atomic mass is 10.2. The molecule has 0 radical (unpaired) electrons. The third-order valence-electron chi connectivity index (χ3n) is 2.10. The molecular formula is C13H19F3N2O. The van der Waals surface area contributed by atoms with Crippen LogP contribution in [0, 0.1) is 0 Å². The maximum atomic E-state index is 12.8. The summed E-state index contributed by atoms with van der Waals surface area (Å²) in [5.74, 6) is 0.150. The van der Waals surface area contributed by atoms with Gasteiger partial charge in [0.15, 0.2) is 0 Å². The number of nitrogens with zero attached hydrogens (tertiary/aromatic N) is 1. The van der Waals surface area contributed by atoms with Gasteiger partial charge in [0.05, 0.1) is 5.56 Å². The van der Waals surface area contributed by atoms with E-state index in [0.29, 0.717) is 6.54 Å². The van der Waals surface area contributed by atoms with Crippen LogP contribution >= 0.6 is 0 Å². The summed E-state index contributed by atoms with van der Waals surface area (Å²) in [6, 6.07) is 1.91. The van der Waals surface area contributed by atoms with Crippen LogP contribution < -0.4 is 10.1 Å². The van der Waals surface area contributed by atoms with E-state index in [2.05, 4.69) is 10.3 Å². The van der Waals surface area contributed by atoms with Crippen molar-refractivity contribution in [1.82, 2.24) is 4.98 Å². The third-order valence-corrected chi connectivity index (χ3v) is 2.10. The molecule has 0 aliphatic rings. The highest BCUT2D eigenvalue weighted by Gasteiger charge is 2.32. The van der Waals surface area contributed by atoms with Crippen LogP contribution in [0.4, 0.5) is 19.0 Å². The molecule has 0 spiro atoms. The number of ether oxygens (including phenoxy) is 1. The van der Waals surface area contributed by atoms with E-state index in [1.807, 2.05) is 6.92 Å². The Balaban J connectivity index is 3.09. The summed E-state index contributed by atoms with van der Waals surface area (Å²) in [7, 11) is 0. The van der Waals surface area contributed by atoms with Crippen molar-refractivity contribution in [3.8, 4) is 5.88 Å². The van der Waals surface area contributed by atoms with E-state index in [9.17, 15) is 13.2 Å². The number of halogens is 3. The first-order valence-electron chi connectivity index (χ1n) is 6.14. The van der Waals surface area contributed by atoms with Gasteiger partial charge in [-0.3, -0.25) is 0 Å². The molecule has 1 aromatic heterocycles. The molecule has 108 valence electrons. The van der Waals surface area contributed by atoms with Crippen molar-refractivity contribution in [3.05, 3.63) is 17.7 Å². The highest BCUT2D eigenvalue weighted by molar-refractivity contribution is 5.42. The summed E-state index contributed by atoms with van der Waals surface area (Å²) in [6.45, 7) is 7.76. The predicted octanol–water partition coefficient (Wildman–Crippen LogP) is 4.10. The molecule has 6 heteroatoms. The largest absolute Gasteiger partial charge is 0.472 e. The van der Waals surface area contributed by atoms with Crippen LogP contribution in [-0.2, 0) is 6.18 Å². The van der Waals surface area contributed by atoms with E-state index < -0.39 is 17.3 Å². The van der Waals surface area contributed by atoms with Gasteiger partial charge in [-0.2, -0.15) is 18.2 Å². The summed E-state index contributed by atoms with van der Waals surface area (Å²) in [5.41, 5.74) is -1.36. The molecule has 3 nitrogen and oxygen atoms in total. The summed E-state index contributed by atoms with van der Waals surface area (Å²) in [6.07, 6.45) is -3.62. The fourth-order valence-electron chi connectivity index (χ4n) is 1.38. The summed E-state index contributed by atoms with van der Waals surface area (Å²) in [4.78, 5) is 4.04. The highest BCUT2D eigenvalue weighted by atomic mass is 19.4. The van der Waals surface area contributed by atoms with Gasteiger partial charge in [-0.15, -0.1) is 0 Å². The molecule has 1 aromatic rings. The van der Waals surface area contributed by atoms with Crippen LogP contribution in [0.25, 0.3) is 0 Å². The van der Waals surface area contributed by atoms with E-state index in [1.165, 1.54) is 0 Å². The second-order valence-corrected chi connectivity index (χ2v) is 5.22. The third kappa shape index (κ3) is 5.36. The number of anilines is 1. The van der Waals surface area contributed by atoms with Gasteiger partial charge < -0.3 is 10.1 Å². The zero-order chi connectivity index (χ0) is 14.7. The Labute approximate surface area is 111 Å². The molecule has 0 fully saturated rings. The number of alkyl halides is 3. The normalized spacial score (nSPS) is 12.4. The minimum atomic E-state index is -4.42. The summed E-state index contributed by atoms with van der Waals surface area (Å²) >= 11 is 0. The number of hydrogen-bond donors (Lipinski definition) is 1. The van der Waals surface area contributed by atoms with Crippen molar-refractivity contribution in [2.45, 2.75) is 45.9 Å². The van der Waals surface area contributed by atoms with Crippen LogP contribution in [0.5, 0.6) is 5.88 Å². The minimum absolute atomic E-state index is 0.0269.